The molecule has 2 atom stereocenters. The minimum atomic E-state index is 0.680. The van der Waals surface area contributed by atoms with Crippen molar-refractivity contribution in [3.8, 4) is 0 Å². The Balaban J connectivity index is 3.07. The number of allylic oxidation sites excluding steroid dienone is 1. The summed E-state index contributed by atoms with van der Waals surface area (Å²) in [4.78, 5) is 0. The van der Waals surface area contributed by atoms with Crippen LogP contribution in [-0.2, 0) is 0 Å². The molecular weight excluding hydrogens is 384 g/mol. The summed E-state index contributed by atoms with van der Waals surface area (Å²) in [5.74, 6) is 1.49. The summed E-state index contributed by atoms with van der Waals surface area (Å²) < 4.78 is 0. The Labute approximate surface area is 205 Å². The number of hydrogen-bond acceptors (Lipinski definition) is 0. The maximum atomic E-state index is 3.92. The van der Waals surface area contributed by atoms with Crippen molar-refractivity contribution in [3.05, 3.63) is 12.7 Å². The van der Waals surface area contributed by atoms with Gasteiger partial charge < -0.3 is 0 Å². The van der Waals surface area contributed by atoms with Gasteiger partial charge in [-0.15, -0.1) is 6.58 Å². The fraction of sp³-hybridized carbons (Fsp3) is 0.938. The van der Waals surface area contributed by atoms with E-state index < -0.39 is 0 Å². The Kier molecular flexibility index (Phi) is 26.8. The fourth-order valence-electron chi connectivity index (χ4n) is 4.92. The van der Waals surface area contributed by atoms with Gasteiger partial charge in [-0.1, -0.05) is 187 Å². The second-order valence-corrected chi connectivity index (χ2v) is 11.0. The zero-order chi connectivity index (χ0) is 23.5. The quantitative estimate of drug-likeness (QED) is 0.0865. The smallest absolute Gasteiger partial charge is 0.0239 e. The van der Waals surface area contributed by atoms with Crippen LogP contribution in [0, 0.1) is 11.8 Å². The molecule has 0 rings (SSSR count). The molecule has 0 aromatic heterocycles. The zero-order valence-corrected chi connectivity index (χ0v) is 23.1. The van der Waals surface area contributed by atoms with Gasteiger partial charge >= 0.3 is 0 Å². The lowest BCUT2D eigenvalue weighted by atomic mass is 9.90. The van der Waals surface area contributed by atoms with E-state index in [2.05, 4.69) is 33.4 Å². The second kappa shape index (κ2) is 27.0. The van der Waals surface area contributed by atoms with Crippen LogP contribution in [0.4, 0.5) is 0 Å². The van der Waals surface area contributed by atoms with E-state index in [1.54, 1.807) is 0 Å². The third kappa shape index (κ3) is 24.4. The molecule has 0 amide bonds. The van der Waals surface area contributed by atoms with Crippen molar-refractivity contribution in [2.24, 2.45) is 11.8 Å². The van der Waals surface area contributed by atoms with Crippen molar-refractivity contribution >= 4 is 0 Å². The van der Waals surface area contributed by atoms with Gasteiger partial charge in [0.1, 0.15) is 0 Å². The topological polar surface area (TPSA) is 0 Å². The maximum Gasteiger partial charge on any atom is -0.0239 e. The molecule has 0 N–H and O–H groups in total. The molecule has 0 spiro atoms. The normalized spacial score (nSPS) is 13.3. The molecule has 0 nitrogen and oxygen atoms in total. The highest BCUT2D eigenvalue weighted by molar-refractivity contribution is 4.79. The van der Waals surface area contributed by atoms with E-state index in [1.165, 1.54) is 161 Å². The molecule has 0 saturated carbocycles. The average molecular weight is 449 g/mol. The van der Waals surface area contributed by atoms with Gasteiger partial charge in [0.25, 0.3) is 0 Å². The largest absolute Gasteiger partial charge is 0.103 e. The van der Waals surface area contributed by atoms with E-state index in [1.807, 2.05) is 0 Å². The molecular formula is C32H64. The Morgan fingerprint density at radius 3 is 0.938 bits per heavy atom. The minimum absolute atomic E-state index is 0.680. The first-order valence-corrected chi connectivity index (χ1v) is 15.3. The molecule has 0 aliphatic rings. The standard InChI is InChI=1S/C32H64/c1-5-7-8-9-10-11-12-13-14-15-16-17-18-19-20-21-22-23-24-25-26-27-28-29-30-32(4)31(3)6-2/h6,31-32H,2,5,7-30H2,1,3-4H3. The predicted molar refractivity (Wildman–Crippen MR) is 150 cm³/mol. The maximum absolute atomic E-state index is 3.92. The van der Waals surface area contributed by atoms with E-state index in [-0.39, 0.29) is 0 Å². The van der Waals surface area contributed by atoms with Crippen LogP contribution in [0.15, 0.2) is 12.7 Å². The van der Waals surface area contributed by atoms with Crippen molar-refractivity contribution < 1.29 is 0 Å². The number of unbranched alkanes of at least 4 members (excludes halogenated alkanes) is 23. The average Bonchev–Trinajstić information content (AvgIpc) is 2.81. The molecule has 32 heavy (non-hydrogen) atoms. The van der Waals surface area contributed by atoms with E-state index in [4.69, 9.17) is 0 Å². The van der Waals surface area contributed by atoms with Gasteiger partial charge in [-0.25, -0.2) is 0 Å². The van der Waals surface area contributed by atoms with Crippen molar-refractivity contribution in [2.45, 2.75) is 181 Å². The molecule has 0 bridgehead atoms. The number of rotatable bonds is 27. The van der Waals surface area contributed by atoms with Crippen LogP contribution < -0.4 is 0 Å². The zero-order valence-electron chi connectivity index (χ0n) is 23.1. The molecule has 192 valence electrons. The van der Waals surface area contributed by atoms with Crippen LogP contribution in [0.1, 0.15) is 181 Å². The summed E-state index contributed by atoms with van der Waals surface area (Å²) in [7, 11) is 0. The van der Waals surface area contributed by atoms with Crippen molar-refractivity contribution in [1.82, 2.24) is 0 Å². The third-order valence-electron chi connectivity index (χ3n) is 7.78. The molecule has 0 saturated heterocycles. The summed E-state index contributed by atoms with van der Waals surface area (Å²) in [5.41, 5.74) is 0. The number of hydrogen-bond donors (Lipinski definition) is 0. The summed E-state index contributed by atoms with van der Waals surface area (Å²) >= 11 is 0. The fourth-order valence-corrected chi connectivity index (χ4v) is 4.92. The van der Waals surface area contributed by atoms with Gasteiger partial charge in [-0.3, -0.25) is 0 Å². The SMILES string of the molecule is C=CC(C)C(C)CCCCCCCCCCCCCCCCCCCCCCCCCC. The van der Waals surface area contributed by atoms with Crippen molar-refractivity contribution in [2.75, 3.05) is 0 Å². The first-order valence-electron chi connectivity index (χ1n) is 15.3. The Bertz CT molecular complexity index is 344. The Morgan fingerprint density at radius 1 is 0.438 bits per heavy atom. The van der Waals surface area contributed by atoms with Gasteiger partial charge in [0.2, 0.25) is 0 Å². The van der Waals surface area contributed by atoms with E-state index in [0.717, 1.165) is 5.92 Å². The van der Waals surface area contributed by atoms with E-state index in [0.29, 0.717) is 5.92 Å². The van der Waals surface area contributed by atoms with Crippen molar-refractivity contribution in [1.29, 1.82) is 0 Å². The van der Waals surface area contributed by atoms with Gasteiger partial charge in [0.05, 0.1) is 0 Å². The lowest BCUT2D eigenvalue weighted by Gasteiger charge is -2.15. The van der Waals surface area contributed by atoms with Gasteiger partial charge in [0.15, 0.2) is 0 Å². The molecule has 0 heterocycles. The van der Waals surface area contributed by atoms with Gasteiger partial charge in [-0.2, -0.15) is 0 Å². The van der Waals surface area contributed by atoms with E-state index in [9.17, 15) is 0 Å². The van der Waals surface area contributed by atoms with Crippen LogP contribution in [0.5, 0.6) is 0 Å². The summed E-state index contributed by atoms with van der Waals surface area (Å²) in [6, 6.07) is 0. The first kappa shape index (κ1) is 31.7. The highest BCUT2D eigenvalue weighted by atomic mass is 14.1. The monoisotopic (exact) mass is 449 g/mol. The molecule has 0 aliphatic carbocycles. The van der Waals surface area contributed by atoms with Gasteiger partial charge in [-0.05, 0) is 11.8 Å². The third-order valence-corrected chi connectivity index (χ3v) is 7.78. The van der Waals surface area contributed by atoms with E-state index >= 15 is 0 Å². The lowest BCUT2D eigenvalue weighted by molar-refractivity contribution is 0.404. The van der Waals surface area contributed by atoms with Gasteiger partial charge in [0, 0.05) is 0 Å². The summed E-state index contributed by atoms with van der Waals surface area (Å²) in [6.07, 6.45) is 38.8. The Morgan fingerprint density at radius 2 is 0.688 bits per heavy atom. The predicted octanol–water partition coefficient (Wildman–Crippen LogP) is 12.2. The molecule has 0 aromatic rings. The molecule has 0 aromatic carbocycles. The summed E-state index contributed by atoms with van der Waals surface area (Å²) in [6.45, 7) is 10.9. The van der Waals surface area contributed by atoms with Crippen LogP contribution in [0.25, 0.3) is 0 Å². The second-order valence-electron chi connectivity index (χ2n) is 11.0. The Hall–Kier alpha value is -0.260. The molecule has 0 fully saturated rings. The highest BCUT2D eigenvalue weighted by Gasteiger charge is 2.07. The van der Waals surface area contributed by atoms with Crippen LogP contribution in [0.2, 0.25) is 0 Å². The van der Waals surface area contributed by atoms with Crippen molar-refractivity contribution in [3.63, 3.8) is 0 Å². The molecule has 0 radical (unpaired) electrons. The lowest BCUT2D eigenvalue weighted by Crippen LogP contribution is -2.04. The first-order chi connectivity index (χ1) is 15.7. The minimum Gasteiger partial charge on any atom is -0.103 e. The molecule has 2 unspecified atom stereocenters. The molecule has 0 heteroatoms. The van der Waals surface area contributed by atoms with Crippen LogP contribution in [0.3, 0.4) is 0 Å². The molecule has 0 aliphatic heterocycles. The summed E-state index contributed by atoms with van der Waals surface area (Å²) in [5, 5.41) is 0. The van der Waals surface area contributed by atoms with Crippen LogP contribution >= 0.6 is 0 Å². The highest BCUT2D eigenvalue weighted by Crippen LogP contribution is 2.20. The van der Waals surface area contributed by atoms with Crippen LogP contribution in [-0.4, -0.2) is 0 Å².